The molecule has 2 atom stereocenters. The zero-order valence-electron chi connectivity index (χ0n) is 15.2. The van der Waals surface area contributed by atoms with Crippen molar-refractivity contribution < 1.29 is 27.1 Å². The number of nitrogens with zero attached hydrogens (tertiary/aromatic N) is 1. The van der Waals surface area contributed by atoms with Crippen LogP contribution in [0.1, 0.15) is 28.4 Å². The van der Waals surface area contributed by atoms with E-state index in [1.807, 2.05) is 0 Å². The summed E-state index contributed by atoms with van der Waals surface area (Å²) in [4.78, 5) is 5.10. The van der Waals surface area contributed by atoms with E-state index in [0.29, 0.717) is 19.7 Å². The highest BCUT2D eigenvalue weighted by atomic mass is 35.5. The lowest BCUT2D eigenvalue weighted by molar-refractivity contribution is -0.178. The first kappa shape index (κ1) is 20.1. The van der Waals surface area contributed by atoms with Gasteiger partial charge in [-0.3, -0.25) is 0 Å². The van der Waals surface area contributed by atoms with Gasteiger partial charge >= 0.3 is 6.18 Å². The van der Waals surface area contributed by atoms with E-state index in [2.05, 4.69) is 10.5 Å². The molecule has 5 rings (SSSR count). The average Bonchev–Trinajstić information content (AvgIpc) is 3.25. The van der Waals surface area contributed by atoms with Gasteiger partial charge in [-0.05, 0) is 29.3 Å². The van der Waals surface area contributed by atoms with E-state index >= 15 is 0 Å². The standard InChI is InChI=1S/C20H14Cl2F4N2O2/c21-11-4-12(16(23)14(22)5-11)18-15(20(24,25)26)17(28-30-18)9-1-2-13-10(3-9)6-29-19(13)7-27-8-19/h1-5,15,18,27H,6-8H2/t15-,18?/m0/s1. The highest BCUT2D eigenvalue weighted by Crippen LogP contribution is 2.47. The molecule has 10 heteroatoms. The van der Waals surface area contributed by atoms with E-state index in [1.54, 1.807) is 18.2 Å². The molecule has 30 heavy (non-hydrogen) atoms. The fourth-order valence-corrected chi connectivity index (χ4v) is 4.72. The maximum absolute atomic E-state index is 14.5. The number of ether oxygens (including phenoxy) is 1. The third-order valence-corrected chi connectivity index (χ3v) is 6.25. The van der Waals surface area contributed by atoms with Gasteiger partial charge in [0.05, 0.1) is 11.6 Å². The number of rotatable bonds is 2. The fraction of sp³-hybridized carbons (Fsp3) is 0.350. The van der Waals surface area contributed by atoms with Crippen LogP contribution in [-0.4, -0.2) is 25.0 Å². The Morgan fingerprint density at radius 1 is 1.13 bits per heavy atom. The van der Waals surface area contributed by atoms with Gasteiger partial charge in [-0.15, -0.1) is 0 Å². The fourth-order valence-electron chi connectivity index (χ4n) is 4.21. The number of hydrogen-bond acceptors (Lipinski definition) is 4. The molecule has 3 aliphatic heterocycles. The SMILES string of the molecule is Fc1c(Cl)cc(Cl)cc1C1ON=C(c2ccc3c(c2)COC32CNC2)[C@@H]1C(F)(F)F. The van der Waals surface area contributed by atoms with E-state index in [1.165, 1.54) is 0 Å². The Hall–Kier alpha value is -1.87. The minimum absolute atomic E-state index is 0.00320. The van der Waals surface area contributed by atoms with Crippen LogP contribution >= 0.6 is 23.2 Å². The largest absolute Gasteiger partial charge is 0.401 e. The summed E-state index contributed by atoms with van der Waals surface area (Å²) in [7, 11) is 0. The first-order valence-electron chi connectivity index (χ1n) is 9.13. The second-order valence-electron chi connectivity index (χ2n) is 7.57. The van der Waals surface area contributed by atoms with Crippen molar-refractivity contribution in [3.8, 4) is 0 Å². The molecule has 0 bridgehead atoms. The second kappa shape index (κ2) is 6.82. The molecule has 3 heterocycles. The number of alkyl halides is 3. The molecule has 0 aromatic heterocycles. The lowest BCUT2D eigenvalue weighted by Crippen LogP contribution is -2.56. The van der Waals surface area contributed by atoms with Crippen molar-refractivity contribution in [2.24, 2.45) is 11.1 Å². The highest BCUT2D eigenvalue weighted by Gasteiger charge is 2.55. The Bertz CT molecular complexity index is 1070. The van der Waals surface area contributed by atoms with Gasteiger partial charge in [0.1, 0.15) is 23.0 Å². The van der Waals surface area contributed by atoms with Gasteiger partial charge in [0.25, 0.3) is 0 Å². The summed E-state index contributed by atoms with van der Waals surface area (Å²) in [5, 5.41) is 6.46. The van der Waals surface area contributed by atoms with Gasteiger partial charge in [0, 0.05) is 29.2 Å². The predicted molar refractivity (Wildman–Crippen MR) is 102 cm³/mol. The van der Waals surface area contributed by atoms with Crippen LogP contribution < -0.4 is 5.32 Å². The first-order valence-corrected chi connectivity index (χ1v) is 9.88. The first-order chi connectivity index (χ1) is 14.2. The average molecular weight is 461 g/mol. The normalized spacial score (nSPS) is 24.4. The van der Waals surface area contributed by atoms with Crippen LogP contribution in [0.25, 0.3) is 0 Å². The molecule has 0 radical (unpaired) electrons. The maximum atomic E-state index is 14.5. The molecule has 1 unspecified atom stereocenters. The molecular weight excluding hydrogens is 447 g/mol. The summed E-state index contributed by atoms with van der Waals surface area (Å²) < 4.78 is 62.5. The summed E-state index contributed by atoms with van der Waals surface area (Å²) in [6.45, 7) is 1.62. The van der Waals surface area contributed by atoms with Crippen molar-refractivity contribution in [1.82, 2.24) is 5.32 Å². The smallest absolute Gasteiger partial charge is 0.386 e. The van der Waals surface area contributed by atoms with Crippen LogP contribution in [0.4, 0.5) is 17.6 Å². The number of halogens is 6. The van der Waals surface area contributed by atoms with Gasteiger partial charge < -0.3 is 14.9 Å². The van der Waals surface area contributed by atoms with E-state index in [-0.39, 0.29) is 21.3 Å². The van der Waals surface area contributed by atoms with Gasteiger partial charge in [-0.1, -0.05) is 40.5 Å². The lowest BCUT2D eigenvalue weighted by Gasteiger charge is -2.39. The maximum Gasteiger partial charge on any atom is 0.401 e. The molecular formula is C20H14Cl2F4N2O2. The minimum Gasteiger partial charge on any atom is -0.386 e. The zero-order chi connectivity index (χ0) is 21.3. The Morgan fingerprint density at radius 3 is 2.57 bits per heavy atom. The quantitative estimate of drug-likeness (QED) is 0.499. The van der Waals surface area contributed by atoms with Crippen molar-refractivity contribution in [2.45, 2.75) is 24.5 Å². The van der Waals surface area contributed by atoms with Crippen molar-refractivity contribution >= 4 is 28.9 Å². The minimum atomic E-state index is -4.74. The highest BCUT2D eigenvalue weighted by molar-refractivity contribution is 6.34. The Labute approximate surface area is 178 Å². The number of oxime groups is 1. The summed E-state index contributed by atoms with van der Waals surface area (Å²) in [6, 6.07) is 7.16. The number of hydrogen-bond donors (Lipinski definition) is 1. The monoisotopic (exact) mass is 460 g/mol. The van der Waals surface area contributed by atoms with Crippen LogP contribution in [0.15, 0.2) is 35.5 Å². The Kier molecular flexibility index (Phi) is 4.56. The third kappa shape index (κ3) is 3.00. The van der Waals surface area contributed by atoms with Crippen molar-refractivity contribution in [3.05, 3.63) is 68.4 Å². The number of benzene rings is 2. The molecule has 0 aliphatic carbocycles. The molecule has 0 amide bonds. The van der Waals surface area contributed by atoms with E-state index < -0.39 is 35.2 Å². The van der Waals surface area contributed by atoms with Crippen LogP contribution in [-0.2, 0) is 21.8 Å². The molecule has 2 aromatic rings. The van der Waals surface area contributed by atoms with Gasteiger partial charge in [0.2, 0.25) is 0 Å². The molecule has 2 aromatic carbocycles. The van der Waals surface area contributed by atoms with Crippen molar-refractivity contribution in [2.75, 3.05) is 13.1 Å². The van der Waals surface area contributed by atoms with Crippen LogP contribution in [0.3, 0.4) is 0 Å². The van der Waals surface area contributed by atoms with E-state index in [0.717, 1.165) is 23.3 Å². The summed E-state index contributed by atoms with van der Waals surface area (Å²) in [6.07, 6.45) is -6.47. The van der Waals surface area contributed by atoms with E-state index in [9.17, 15) is 17.6 Å². The summed E-state index contributed by atoms with van der Waals surface area (Å²) in [5.74, 6) is -3.19. The molecule has 1 N–H and O–H groups in total. The van der Waals surface area contributed by atoms with Gasteiger partial charge in [-0.25, -0.2) is 4.39 Å². The molecule has 1 spiro atoms. The van der Waals surface area contributed by atoms with Crippen molar-refractivity contribution in [1.29, 1.82) is 0 Å². The Balaban J connectivity index is 1.54. The number of fused-ring (bicyclic) bond motifs is 2. The van der Waals surface area contributed by atoms with Crippen LogP contribution in [0, 0.1) is 11.7 Å². The topological polar surface area (TPSA) is 42.9 Å². The van der Waals surface area contributed by atoms with Crippen LogP contribution in [0.5, 0.6) is 0 Å². The molecule has 1 fully saturated rings. The van der Waals surface area contributed by atoms with E-state index in [4.69, 9.17) is 32.8 Å². The third-order valence-electron chi connectivity index (χ3n) is 5.76. The summed E-state index contributed by atoms with van der Waals surface area (Å²) >= 11 is 11.7. The zero-order valence-corrected chi connectivity index (χ0v) is 16.7. The molecule has 3 aliphatic rings. The lowest BCUT2D eigenvalue weighted by atomic mass is 9.84. The second-order valence-corrected chi connectivity index (χ2v) is 8.41. The molecule has 158 valence electrons. The van der Waals surface area contributed by atoms with Crippen molar-refractivity contribution in [3.63, 3.8) is 0 Å². The summed E-state index contributed by atoms with van der Waals surface area (Å²) in [5.41, 5.74) is 0.889. The van der Waals surface area contributed by atoms with Crippen LogP contribution in [0.2, 0.25) is 10.0 Å². The predicted octanol–water partition coefficient (Wildman–Crippen LogP) is 5.12. The van der Waals surface area contributed by atoms with Gasteiger partial charge in [0.15, 0.2) is 6.10 Å². The molecule has 0 saturated carbocycles. The molecule has 4 nitrogen and oxygen atoms in total. The Morgan fingerprint density at radius 2 is 1.90 bits per heavy atom. The van der Waals surface area contributed by atoms with Gasteiger partial charge in [-0.2, -0.15) is 13.2 Å². The number of nitrogens with one attached hydrogen (secondary N) is 1. The molecule has 1 saturated heterocycles.